The minimum Gasteiger partial charge on any atom is -0.497 e. The highest BCUT2D eigenvalue weighted by Gasteiger charge is 2.25. The largest absolute Gasteiger partial charge is 0.497 e. The van der Waals surface area contributed by atoms with Crippen molar-refractivity contribution < 1.29 is 19.1 Å². The van der Waals surface area contributed by atoms with Crippen molar-refractivity contribution in [2.45, 2.75) is 6.42 Å². The maximum atomic E-state index is 13.0. The van der Waals surface area contributed by atoms with E-state index >= 15 is 0 Å². The molecule has 0 N–H and O–H groups in total. The molecule has 1 heterocycles. The highest BCUT2D eigenvalue weighted by atomic mass is 35.5. The van der Waals surface area contributed by atoms with Crippen LogP contribution in [-0.4, -0.2) is 62.0 Å². The van der Waals surface area contributed by atoms with Gasteiger partial charge >= 0.3 is 0 Å². The molecule has 1 fully saturated rings. The van der Waals surface area contributed by atoms with Gasteiger partial charge < -0.3 is 19.3 Å². The highest BCUT2D eigenvalue weighted by Crippen LogP contribution is 2.25. The van der Waals surface area contributed by atoms with Crippen LogP contribution in [0, 0.1) is 0 Å². The van der Waals surface area contributed by atoms with Gasteiger partial charge in [-0.25, -0.2) is 0 Å². The third-order valence-corrected chi connectivity index (χ3v) is 5.03. The number of halogens is 1. The zero-order valence-electron chi connectivity index (χ0n) is 16.0. The molecular formula is C21H23ClN2O4. The lowest BCUT2D eigenvalue weighted by Crippen LogP contribution is -2.37. The molecular weight excluding hydrogens is 380 g/mol. The van der Waals surface area contributed by atoms with Gasteiger partial charge in [0.05, 0.1) is 19.8 Å². The summed E-state index contributed by atoms with van der Waals surface area (Å²) in [4.78, 5) is 29.3. The first-order valence-corrected chi connectivity index (χ1v) is 9.47. The van der Waals surface area contributed by atoms with Gasteiger partial charge in [-0.3, -0.25) is 9.59 Å². The van der Waals surface area contributed by atoms with E-state index in [2.05, 4.69) is 0 Å². The van der Waals surface area contributed by atoms with E-state index in [4.69, 9.17) is 21.1 Å². The monoisotopic (exact) mass is 402 g/mol. The summed E-state index contributed by atoms with van der Waals surface area (Å²) < 4.78 is 10.4. The number of benzene rings is 2. The Bertz CT molecular complexity index is 854. The second kappa shape index (κ2) is 8.97. The van der Waals surface area contributed by atoms with Crippen LogP contribution in [0.4, 0.5) is 0 Å². The molecule has 148 valence electrons. The van der Waals surface area contributed by atoms with Crippen LogP contribution in [0.2, 0.25) is 5.02 Å². The van der Waals surface area contributed by atoms with Crippen LogP contribution in [0.25, 0.3) is 0 Å². The molecule has 0 radical (unpaired) electrons. The first-order valence-electron chi connectivity index (χ1n) is 9.09. The Kier molecular flexibility index (Phi) is 6.41. The predicted molar refractivity (Wildman–Crippen MR) is 107 cm³/mol. The van der Waals surface area contributed by atoms with Crippen molar-refractivity contribution in [2.24, 2.45) is 0 Å². The molecule has 0 spiro atoms. The van der Waals surface area contributed by atoms with Gasteiger partial charge in [0, 0.05) is 36.8 Å². The van der Waals surface area contributed by atoms with E-state index in [1.54, 1.807) is 59.4 Å². The molecule has 0 bridgehead atoms. The number of nitrogens with zero attached hydrogens (tertiary/aromatic N) is 2. The minimum absolute atomic E-state index is 0.0442. The fourth-order valence-electron chi connectivity index (χ4n) is 3.26. The zero-order valence-corrected chi connectivity index (χ0v) is 16.7. The average Bonchev–Trinajstić information content (AvgIpc) is 2.99. The molecule has 2 aromatic rings. The number of ether oxygens (including phenoxy) is 2. The number of carbonyl (C=O) groups is 2. The van der Waals surface area contributed by atoms with Crippen LogP contribution >= 0.6 is 11.6 Å². The molecule has 1 aliphatic heterocycles. The third-order valence-electron chi connectivity index (χ3n) is 4.80. The molecule has 6 nitrogen and oxygen atoms in total. The standard InChI is InChI=1S/C21H23ClN2O4/c1-27-17-7-4-15(5-8-17)20(25)23-10-3-11-24(13-12-23)21(26)18-14-16(22)6-9-19(18)28-2/h4-9,14H,3,10-13H2,1-2H3. The molecule has 7 heteroatoms. The van der Waals surface area contributed by atoms with Crippen LogP contribution in [0.5, 0.6) is 11.5 Å². The van der Waals surface area contributed by atoms with E-state index in [1.165, 1.54) is 7.11 Å². The number of carbonyl (C=O) groups excluding carboxylic acids is 2. The van der Waals surface area contributed by atoms with Crippen LogP contribution in [0.3, 0.4) is 0 Å². The molecule has 3 rings (SSSR count). The Morgan fingerprint density at radius 2 is 1.50 bits per heavy atom. The van der Waals surface area contributed by atoms with E-state index in [-0.39, 0.29) is 11.8 Å². The van der Waals surface area contributed by atoms with Gasteiger partial charge in [0.2, 0.25) is 0 Å². The maximum absolute atomic E-state index is 13.0. The lowest BCUT2D eigenvalue weighted by Gasteiger charge is -2.23. The van der Waals surface area contributed by atoms with Gasteiger partial charge in [0.25, 0.3) is 11.8 Å². The predicted octanol–water partition coefficient (Wildman–Crippen LogP) is 3.35. The summed E-state index contributed by atoms with van der Waals surface area (Å²) in [6, 6.07) is 12.0. The van der Waals surface area contributed by atoms with Crippen molar-refractivity contribution in [3.05, 3.63) is 58.6 Å². The fourth-order valence-corrected chi connectivity index (χ4v) is 3.43. The number of hydrogen-bond acceptors (Lipinski definition) is 4. The van der Waals surface area contributed by atoms with Crippen LogP contribution in [-0.2, 0) is 0 Å². The van der Waals surface area contributed by atoms with Crippen molar-refractivity contribution in [2.75, 3.05) is 40.4 Å². The topological polar surface area (TPSA) is 59.1 Å². The van der Waals surface area contributed by atoms with Gasteiger partial charge in [-0.15, -0.1) is 0 Å². The van der Waals surface area contributed by atoms with E-state index in [1.807, 2.05) is 0 Å². The van der Waals surface area contributed by atoms with Crippen molar-refractivity contribution in [3.63, 3.8) is 0 Å². The normalized spacial score (nSPS) is 14.4. The van der Waals surface area contributed by atoms with Gasteiger partial charge in [-0.2, -0.15) is 0 Å². The average molecular weight is 403 g/mol. The maximum Gasteiger partial charge on any atom is 0.257 e. The molecule has 0 aromatic heterocycles. The summed E-state index contributed by atoms with van der Waals surface area (Å²) in [6.45, 7) is 2.10. The van der Waals surface area contributed by atoms with Gasteiger partial charge in [-0.1, -0.05) is 11.6 Å². The van der Waals surface area contributed by atoms with E-state index in [9.17, 15) is 9.59 Å². The van der Waals surface area contributed by atoms with E-state index in [0.717, 1.165) is 0 Å². The number of amides is 2. The summed E-state index contributed by atoms with van der Waals surface area (Å²) in [6.07, 6.45) is 0.705. The van der Waals surface area contributed by atoms with Crippen molar-refractivity contribution in [3.8, 4) is 11.5 Å². The smallest absolute Gasteiger partial charge is 0.257 e. The second-order valence-corrected chi connectivity index (χ2v) is 6.95. The third kappa shape index (κ3) is 4.39. The molecule has 28 heavy (non-hydrogen) atoms. The minimum atomic E-state index is -0.141. The number of hydrogen-bond donors (Lipinski definition) is 0. The molecule has 0 aliphatic carbocycles. The number of rotatable bonds is 4. The van der Waals surface area contributed by atoms with Crippen LogP contribution < -0.4 is 9.47 Å². The Labute approximate surface area is 169 Å². The molecule has 0 unspecified atom stereocenters. The Morgan fingerprint density at radius 3 is 2.11 bits per heavy atom. The fraction of sp³-hybridized carbons (Fsp3) is 0.333. The summed E-state index contributed by atoms with van der Waals surface area (Å²) in [7, 11) is 3.11. The summed E-state index contributed by atoms with van der Waals surface area (Å²) in [5.74, 6) is 1.01. The summed E-state index contributed by atoms with van der Waals surface area (Å²) >= 11 is 6.06. The Balaban J connectivity index is 1.70. The molecule has 0 saturated carbocycles. The second-order valence-electron chi connectivity index (χ2n) is 6.51. The van der Waals surface area contributed by atoms with E-state index < -0.39 is 0 Å². The van der Waals surface area contributed by atoms with Gasteiger partial charge in [0.1, 0.15) is 11.5 Å². The van der Waals surface area contributed by atoms with E-state index in [0.29, 0.717) is 60.2 Å². The van der Waals surface area contributed by atoms with Crippen LogP contribution in [0.15, 0.2) is 42.5 Å². The Morgan fingerprint density at radius 1 is 0.857 bits per heavy atom. The lowest BCUT2D eigenvalue weighted by atomic mass is 10.1. The summed E-state index contributed by atoms with van der Waals surface area (Å²) in [5, 5.41) is 0.482. The Hall–Kier alpha value is -2.73. The first-order chi connectivity index (χ1) is 13.5. The van der Waals surface area contributed by atoms with Gasteiger partial charge in [-0.05, 0) is 48.9 Å². The molecule has 2 aromatic carbocycles. The van der Waals surface area contributed by atoms with Gasteiger partial charge in [0.15, 0.2) is 0 Å². The summed E-state index contributed by atoms with van der Waals surface area (Å²) in [5.41, 5.74) is 1.04. The van der Waals surface area contributed by atoms with Crippen molar-refractivity contribution in [1.29, 1.82) is 0 Å². The zero-order chi connectivity index (χ0) is 20.1. The van der Waals surface area contributed by atoms with Crippen molar-refractivity contribution >= 4 is 23.4 Å². The highest BCUT2D eigenvalue weighted by molar-refractivity contribution is 6.31. The molecule has 0 atom stereocenters. The quantitative estimate of drug-likeness (QED) is 0.787. The molecule has 1 saturated heterocycles. The lowest BCUT2D eigenvalue weighted by molar-refractivity contribution is 0.0717. The molecule has 2 amide bonds. The SMILES string of the molecule is COc1ccc(C(=O)N2CCCN(C(=O)c3cc(Cl)ccc3OC)CC2)cc1. The molecule has 1 aliphatic rings. The van der Waals surface area contributed by atoms with Crippen molar-refractivity contribution in [1.82, 2.24) is 9.80 Å². The van der Waals surface area contributed by atoms with Crippen LogP contribution in [0.1, 0.15) is 27.1 Å². The first kappa shape index (κ1) is 20.0. The number of methoxy groups -OCH3 is 2.